The van der Waals surface area contributed by atoms with E-state index in [1.165, 1.54) is 16.4 Å². The number of aryl methyl sites for hydroxylation is 1. The number of nitrogens with one attached hydrogen (secondary N) is 2. The van der Waals surface area contributed by atoms with Gasteiger partial charge in [-0.2, -0.15) is 4.31 Å². The molecule has 1 fully saturated rings. The number of esters is 1. The molecule has 10 heteroatoms. The van der Waals surface area contributed by atoms with Crippen molar-refractivity contribution >= 4 is 21.9 Å². The van der Waals surface area contributed by atoms with Gasteiger partial charge < -0.3 is 19.8 Å². The van der Waals surface area contributed by atoms with Crippen molar-refractivity contribution in [3.63, 3.8) is 0 Å². The highest BCUT2D eigenvalue weighted by molar-refractivity contribution is 7.89. The minimum atomic E-state index is -3.56. The third-order valence-electron chi connectivity index (χ3n) is 5.13. The number of aromatic nitrogens is 1. The molecule has 2 N–H and O–H groups in total. The molecule has 0 saturated carbocycles. The number of amides is 1. The number of hydrogen-bond donors (Lipinski definition) is 2. The van der Waals surface area contributed by atoms with Gasteiger partial charge in [0.05, 0.1) is 30.3 Å². The Kier molecular flexibility index (Phi) is 7.14. The third kappa shape index (κ3) is 4.97. The molecular formula is C21H27N3O6S. The fourth-order valence-corrected chi connectivity index (χ4v) is 4.88. The highest BCUT2D eigenvalue weighted by Crippen LogP contribution is 2.20. The number of rotatable bonds is 7. The average molecular weight is 450 g/mol. The van der Waals surface area contributed by atoms with Gasteiger partial charge in [-0.25, -0.2) is 13.2 Å². The van der Waals surface area contributed by atoms with Crippen LogP contribution < -0.4 is 5.32 Å². The zero-order valence-electron chi connectivity index (χ0n) is 17.9. The van der Waals surface area contributed by atoms with Crippen molar-refractivity contribution in [3.8, 4) is 0 Å². The summed E-state index contributed by atoms with van der Waals surface area (Å²) >= 11 is 0. The predicted molar refractivity (Wildman–Crippen MR) is 113 cm³/mol. The van der Waals surface area contributed by atoms with Gasteiger partial charge in [-0.3, -0.25) is 4.79 Å². The summed E-state index contributed by atoms with van der Waals surface area (Å²) in [5, 5.41) is 2.79. The van der Waals surface area contributed by atoms with E-state index in [1.807, 2.05) is 0 Å². The quantitative estimate of drug-likeness (QED) is 0.622. The molecule has 0 atom stereocenters. The normalized spacial score (nSPS) is 14.9. The van der Waals surface area contributed by atoms with Crippen LogP contribution in [0.3, 0.4) is 0 Å². The van der Waals surface area contributed by atoms with Gasteiger partial charge in [0.1, 0.15) is 5.69 Å². The molecule has 0 bridgehead atoms. The monoisotopic (exact) mass is 449 g/mol. The minimum absolute atomic E-state index is 0.208. The molecule has 31 heavy (non-hydrogen) atoms. The van der Waals surface area contributed by atoms with Gasteiger partial charge in [-0.05, 0) is 44.0 Å². The van der Waals surface area contributed by atoms with Crippen LogP contribution in [-0.4, -0.2) is 62.5 Å². The molecule has 3 rings (SSSR count). The minimum Gasteiger partial charge on any atom is -0.462 e. The zero-order valence-corrected chi connectivity index (χ0v) is 18.7. The number of sulfonamides is 1. The van der Waals surface area contributed by atoms with E-state index in [2.05, 4.69) is 10.3 Å². The summed E-state index contributed by atoms with van der Waals surface area (Å²) in [5.41, 5.74) is 2.51. The maximum atomic E-state index is 12.7. The number of hydrogen-bond acceptors (Lipinski definition) is 6. The molecule has 1 amide bonds. The molecule has 9 nitrogen and oxygen atoms in total. The number of carbonyl (C=O) groups excluding carboxylic acids is 2. The molecule has 1 aliphatic rings. The second-order valence-corrected chi connectivity index (χ2v) is 9.13. The maximum absolute atomic E-state index is 12.7. The van der Waals surface area contributed by atoms with Crippen LogP contribution in [-0.2, 0) is 26.0 Å². The van der Waals surface area contributed by atoms with Crippen LogP contribution in [0, 0.1) is 13.8 Å². The van der Waals surface area contributed by atoms with Crippen molar-refractivity contribution in [2.75, 3.05) is 32.9 Å². The summed E-state index contributed by atoms with van der Waals surface area (Å²) in [6, 6.07) is 6.42. The van der Waals surface area contributed by atoms with Gasteiger partial charge in [0.2, 0.25) is 10.0 Å². The Labute approximate surface area is 181 Å². The van der Waals surface area contributed by atoms with E-state index in [0.717, 1.165) is 5.56 Å². The van der Waals surface area contributed by atoms with Crippen LogP contribution >= 0.6 is 0 Å². The van der Waals surface area contributed by atoms with E-state index in [0.29, 0.717) is 48.8 Å². The summed E-state index contributed by atoms with van der Waals surface area (Å²) in [6.45, 7) is 7.04. The summed E-state index contributed by atoms with van der Waals surface area (Å²) < 4.78 is 37.0. The van der Waals surface area contributed by atoms with Crippen molar-refractivity contribution in [1.82, 2.24) is 14.6 Å². The lowest BCUT2D eigenvalue weighted by molar-refractivity contribution is 0.0525. The first-order chi connectivity index (χ1) is 14.8. The van der Waals surface area contributed by atoms with E-state index < -0.39 is 16.0 Å². The second-order valence-electron chi connectivity index (χ2n) is 7.19. The fraction of sp³-hybridized carbons (Fsp3) is 0.429. The second kappa shape index (κ2) is 9.63. The molecule has 1 aromatic carbocycles. The lowest BCUT2D eigenvalue weighted by atomic mass is 10.1. The maximum Gasteiger partial charge on any atom is 0.340 e. The zero-order chi connectivity index (χ0) is 22.6. The molecule has 2 aromatic rings. The first kappa shape index (κ1) is 23.0. The fourth-order valence-electron chi connectivity index (χ4n) is 3.47. The number of aromatic amines is 1. The Morgan fingerprint density at radius 3 is 2.42 bits per heavy atom. The van der Waals surface area contributed by atoms with Crippen molar-refractivity contribution in [2.24, 2.45) is 0 Å². The first-order valence-corrected chi connectivity index (χ1v) is 11.5. The highest BCUT2D eigenvalue weighted by Gasteiger charge is 2.26. The van der Waals surface area contributed by atoms with Gasteiger partial charge in [0, 0.05) is 25.3 Å². The van der Waals surface area contributed by atoms with E-state index in [-0.39, 0.29) is 24.0 Å². The first-order valence-electron chi connectivity index (χ1n) is 10.1. The molecular weight excluding hydrogens is 422 g/mol. The molecule has 2 heterocycles. The molecule has 1 aromatic heterocycles. The highest BCUT2D eigenvalue weighted by atomic mass is 32.2. The molecule has 0 aliphatic carbocycles. The smallest absolute Gasteiger partial charge is 0.340 e. The van der Waals surface area contributed by atoms with Gasteiger partial charge in [0.25, 0.3) is 5.91 Å². The molecule has 0 radical (unpaired) electrons. The number of carbonyl (C=O) groups is 2. The van der Waals surface area contributed by atoms with Crippen molar-refractivity contribution in [2.45, 2.75) is 32.2 Å². The number of benzene rings is 1. The molecule has 168 valence electrons. The topological polar surface area (TPSA) is 118 Å². The summed E-state index contributed by atoms with van der Waals surface area (Å²) in [6.07, 6.45) is 0. The Morgan fingerprint density at radius 2 is 1.81 bits per heavy atom. The van der Waals surface area contributed by atoms with E-state index in [1.54, 1.807) is 32.9 Å². The van der Waals surface area contributed by atoms with Crippen LogP contribution in [0.4, 0.5) is 0 Å². The summed E-state index contributed by atoms with van der Waals surface area (Å²) in [5.74, 6) is -0.828. The van der Waals surface area contributed by atoms with Crippen molar-refractivity contribution < 1.29 is 27.5 Å². The van der Waals surface area contributed by atoms with Gasteiger partial charge in [-0.15, -0.1) is 0 Å². The Hall–Kier alpha value is -2.69. The van der Waals surface area contributed by atoms with E-state index >= 15 is 0 Å². The molecule has 1 saturated heterocycles. The number of nitrogens with zero attached hydrogens (tertiary/aromatic N) is 1. The standard InChI is InChI=1S/C21H27N3O6S/c1-4-30-21(26)18-14(2)19(23-15(18)3)20(25)22-13-16-5-7-17(8-6-16)31(27,28)24-9-11-29-12-10-24/h5-8,23H,4,9-13H2,1-3H3,(H,22,25). The van der Waals surface area contributed by atoms with E-state index in [4.69, 9.17) is 9.47 Å². The van der Waals surface area contributed by atoms with Crippen molar-refractivity contribution in [3.05, 3.63) is 52.3 Å². The van der Waals surface area contributed by atoms with Gasteiger partial charge in [-0.1, -0.05) is 12.1 Å². The number of morpholine rings is 1. The predicted octanol–water partition coefficient (Wildman–Crippen LogP) is 1.76. The largest absolute Gasteiger partial charge is 0.462 e. The Morgan fingerprint density at radius 1 is 1.16 bits per heavy atom. The molecule has 1 aliphatic heterocycles. The lowest BCUT2D eigenvalue weighted by Gasteiger charge is -2.26. The van der Waals surface area contributed by atoms with Crippen molar-refractivity contribution in [1.29, 1.82) is 0 Å². The van der Waals surface area contributed by atoms with Crippen LogP contribution in [0.2, 0.25) is 0 Å². The third-order valence-corrected chi connectivity index (χ3v) is 7.04. The Bertz CT molecular complexity index is 1050. The summed E-state index contributed by atoms with van der Waals surface area (Å²) in [4.78, 5) is 27.9. The van der Waals surface area contributed by atoms with E-state index in [9.17, 15) is 18.0 Å². The Balaban J connectivity index is 1.66. The number of ether oxygens (including phenoxy) is 2. The SMILES string of the molecule is CCOC(=O)c1c(C)[nH]c(C(=O)NCc2ccc(S(=O)(=O)N3CCOCC3)cc2)c1C. The van der Waals surface area contributed by atoms with Crippen LogP contribution in [0.1, 0.15) is 44.6 Å². The summed E-state index contributed by atoms with van der Waals surface area (Å²) in [7, 11) is -3.56. The molecule has 0 spiro atoms. The average Bonchev–Trinajstić information content (AvgIpc) is 3.07. The lowest BCUT2D eigenvalue weighted by Crippen LogP contribution is -2.40. The number of H-pyrrole nitrogens is 1. The van der Waals surface area contributed by atoms with Crippen LogP contribution in [0.15, 0.2) is 29.2 Å². The van der Waals surface area contributed by atoms with Crippen LogP contribution in [0.25, 0.3) is 0 Å². The van der Waals surface area contributed by atoms with Crippen LogP contribution in [0.5, 0.6) is 0 Å². The van der Waals surface area contributed by atoms with Gasteiger partial charge in [0.15, 0.2) is 0 Å². The molecule has 0 unspecified atom stereocenters. The van der Waals surface area contributed by atoms with Gasteiger partial charge >= 0.3 is 5.97 Å².